The highest BCUT2D eigenvalue weighted by molar-refractivity contribution is 7.07. The van der Waals surface area contributed by atoms with Crippen LogP contribution in [0.2, 0.25) is 0 Å². The Kier molecular flexibility index (Phi) is 5.18. The highest BCUT2D eigenvalue weighted by Crippen LogP contribution is 2.16. The van der Waals surface area contributed by atoms with Gasteiger partial charge in [-0.15, -0.1) is 11.3 Å². The van der Waals surface area contributed by atoms with Gasteiger partial charge in [-0.2, -0.15) is 4.99 Å². The monoisotopic (exact) mass is 391 g/mol. The summed E-state index contributed by atoms with van der Waals surface area (Å²) in [6.07, 6.45) is 3.38. The van der Waals surface area contributed by atoms with Gasteiger partial charge in [-0.3, -0.25) is 4.79 Å². The fraction of sp³-hybridized carbons (Fsp3) is 0.190. The molecule has 3 heterocycles. The average Bonchev–Trinajstić information content (AvgIpc) is 3.27. The van der Waals surface area contributed by atoms with E-state index in [1.807, 2.05) is 44.4 Å². The zero-order valence-corrected chi connectivity index (χ0v) is 16.6. The molecule has 0 saturated heterocycles. The van der Waals surface area contributed by atoms with Crippen molar-refractivity contribution in [3.05, 3.63) is 81.9 Å². The Labute approximate surface area is 166 Å². The van der Waals surface area contributed by atoms with Gasteiger partial charge in [0.2, 0.25) is 0 Å². The fourth-order valence-corrected chi connectivity index (χ4v) is 4.01. The van der Waals surface area contributed by atoms with E-state index in [-0.39, 0.29) is 5.91 Å². The van der Waals surface area contributed by atoms with Gasteiger partial charge in [0.05, 0.1) is 12.1 Å². The Hall–Kier alpha value is -3.03. The van der Waals surface area contributed by atoms with Crippen LogP contribution in [0.5, 0.6) is 0 Å². The van der Waals surface area contributed by atoms with Crippen LogP contribution in [-0.2, 0) is 13.1 Å². The molecule has 6 nitrogen and oxygen atoms in total. The maximum Gasteiger partial charge on any atom is 0.281 e. The van der Waals surface area contributed by atoms with Crippen LogP contribution in [0.25, 0.3) is 11.0 Å². The third-order valence-electron chi connectivity index (χ3n) is 4.42. The predicted molar refractivity (Wildman–Crippen MR) is 111 cm³/mol. The van der Waals surface area contributed by atoms with Gasteiger partial charge in [-0.05, 0) is 31.8 Å². The number of rotatable bonds is 5. The molecule has 7 heteroatoms. The second kappa shape index (κ2) is 7.92. The van der Waals surface area contributed by atoms with E-state index < -0.39 is 0 Å². The van der Waals surface area contributed by atoms with E-state index in [4.69, 9.17) is 0 Å². The third kappa shape index (κ3) is 3.81. The lowest BCUT2D eigenvalue weighted by atomic mass is 10.2. The summed E-state index contributed by atoms with van der Waals surface area (Å²) < 4.78 is 2.12. The highest BCUT2D eigenvalue weighted by atomic mass is 32.1. The quantitative estimate of drug-likeness (QED) is 0.568. The standard InChI is InChI=1S/C21H21N5OS/c1-25(2)13-16-14-28-21(26(16)12-15-7-4-3-5-8-15)24-20(27)18-11-23-19-17(18)9-6-10-22-19/h3-11,14H,12-13H2,1-2H3,(H,22,23)/b24-21-. The molecule has 0 radical (unpaired) electrons. The van der Waals surface area contributed by atoms with Crippen LogP contribution in [0, 0.1) is 0 Å². The number of nitrogens with zero attached hydrogens (tertiary/aromatic N) is 4. The van der Waals surface area contributed by atoms with Gasteiger partial charge in [-0.25, -0.2) is 4.98 Å². The molecule has 28 heavy (non-hydrogen) atoms. The Balaban J connectivity index is 1.75. The molecule has 142 valence electrons. The number of aromatic nitrogens is 3. The van der Waals surface area contributed by atoms with Gasteiger partial charge in [0.15, 0.2) is 4.80 Å². The van der Waals surface area contributed by atoms with Crippen LogP contribution in [0.1, 0.15) is 21.6 Å². The molecular formula is C21H21N5OS. The maximum absolute atomic E-state index is 12.9. The number of carbonyl (C=O) groups is 1. The first-order valence-electron chi connectivity index (χ1n) is 8.99. The van der Waals surface area contributed by atoms with Crippen molar-refractivity contribution >= 4 is 28.3 Å². The molecular weight excluding hydrogens is 370 g/mol. The van der Waals surface area contributed by atoms with Gasteiger partial charge in [0.25, 0.3) is 5.91 Å². The summed E-state index contributed by atoms with van der Waals surface area (Å²) in [6, 6.07) is 13.9. The summed E-state index contributed by atoms with van der Waals surface area (Å²) in [7, 11) is 4.07. The zero-order valence-electron chi connectivity index (χ0n) is 15.8. The van der Waals surface area contributed by atoms with E-state index >= 15 is 0 Å². The van der Waals surface area contributed by atoms with E-state index in [1.165, 1.54) is 16.9 Å². The Morgan fingerprint density at radius 1 is 1.21 bits per heavy atom. The molecule has 0 spiro atoms. The number of H-pyrrole nitrogens is 1. The number of carbonyl (C=O) groups excluding carboxylic acids is 1. The number of hydrogen-bond acceptors (Lipinski definition) is 4. The van der Waals surface area contributed by atoms with Crippen molar-refractivity contribution in [2.75, 3.05) is 14.1 Å². The van der Waals surface area contributed by atoms with E-state index in [1.54, 1.807) is 12.4 Å². The van der Waals surface area contributed by atoms with Crippen molar-refractivity contribution in [1.29, 1.82) is 0 Å². The van der Waals surface area contributed by atoms with Crippen LogP contribution in [0.4, 0.5) is 0 Å². The van der Waals surface area contributed by atoms with Crippen molar-refractivity contribution in [3.63, 3.8) is 0 Å². The molecule has 0 fully saturated rings. The minimum atomic E-state index is -0.265. The van der Waals surface area contributed by atoms with Crippen LogP contribution in [-0.4, -0.2) is 39.4 Å². The topological polar surface area (TPSA) is 66.3 Å². The first-order valence-corrected chi connectivity index (χ1v) is 9.87. The molecule has 1 aromatic carbocycles. The molecule has 0 saturated carbocycles. The molecule has 1 N–H and O–H groups in total. The van der Waals surface area contributed by atoms with Crippen LogP contribution < -0.4 is 4.80 Å². The smallest absolute Gasteiger partial charge is 0.281 e. The molecule has 0 aliphatic carbocycles. The largest absolute Gasteiger partial charge is 0.345 e. The molecule has 0 unspecified atom stereocenters. The maximum atomic E-state index is 12.9. The number of pyridine rings is 1. The van der Waals surface area contributed by atoms with Crippen molar-refractivity contribution < 1.29 is 4.79 Å². The lowest BCUT2D eigenvalue weighted by molar-refractivity contribution is 0.0999. The summed E-state index contributed by atoms with van der Waals surface area (Å²) in [4.78, 5) is 27.4. The minimum Gasteiger partial charge on any atom is -0.345 e. The number of fused-ring (bicyclic) bond motifs is 1. The second-order valence-corrected chi connectivity index (χ2v) is 7.67. The Morgan fingerprint density at radius 2 is 2.04 bits per heavy atom. The molecule has 4 rings (SSSR count). The van der Waals surface area contributed by atoms with Crippen LogP contribution in [0.3, 0.4) is 0 Å². The van der Waals surface area contributed by atoms with E-state index in [0.29, 0.717) is 22.6 Å². The number of benzene rings is 1. The number of nitrogens with one attached hydrogen (secondary N) is 1. The fourth-order valence-electron chi connectivity index (χ4n) is 3.12. The van der Waals surface area contributed by atoms with Crippen LogP contribution in [0.15, 0.2) is 65.2 Å². The molecule has 0 aliphatic rings. The number of aromatic amines is 1. The van der Waals surface area contributed by atoms with Gasteiger partial charge in [0.1, 0.15) is 5.65 Å². The number of hydrogen-bond donors (Lipinski definition) is 1. The predicted octanol–water partition coefficient (Wildman–Crippen LogP) is 3.28. The molecule has 3 aromatic heterocycles. The first kappa shape index (κ1) is 18.3. The lowest BCUT2D eigenvalue weighted by Gasteiger charge is -2.13. The van der Waals surface area contributed by atoms with Gasteiger partial charge < -0.3 is 14.5 Å². The summed E-state index contributed by atoms with van der Waals surface area (Å²) in [5, 5.41) is 2.86. The van der Waals surface area contributed by atoms with Gasteiger partial charge in [-0.1, -0.05) is 30.3 Å². The first-order chi connectivity index (χ1) is 13.6. The summed E-state index contributed by atoms with van der Waals surface area (Å²) in [5.41, 5.74) is 3.53. The zero-order chi connectivity index (χ0) is 19.5. The van der Waals surface area contributed by atoms with Crippen molar-refractivity contribution in [3.8, 4) is 0 Å². The number of thiazole rings is 1. The number of amides is 1. The van der Waals surface area contributed by atoms with Crippen molar-refractivity contribution in [1.82, 2.24) is 19.4 Å². The SMILES string of the molecule is CN(C)Cc1cs/c(=N\C(=O)c2c[nH]c3ncccc23)n1Cc1ccccc1. The Bertz CT molecular complexity index is 1170. The Morgan fingerprint density at radius 3 is 2.82 bits per heavy atom. The van der Waals surface area contributed by atoms with E-state index in [9.17, 15) is 4.79 Å². The molecule has 4 aromatic rings. The minimum absolute atomic E-state index is 0.265. The molecule has 0 aliphatic heterocycles. The highest BCUT2D eigenvalue weighted by Gasteiger charge is 2.13. The third-order valence-corrected chi connectivity index (χ3v) is 5.33. The van der Waals surface area contributed by atoms with E-state index in [0.717, 1.165) is 17.6 Å². The van der Waals surface area contributed by atoms with Crippen LogP contribution >= 0.6 is 11.3 Å². The normalized spacial score (nSPS) is 12.2. The summed E-state index contributed by atoms with van der Waals surface area (Å²) >= 11 is 1.49. The average molecular weight is 392 g/mol. The second-order valence-electron chi connectivity index (χ2n) is 6.84. The lowest BCUT2D eigenvalue weighted by Crippen LogP contribution is -2.23. The van der Waals surface area contributed by atoms with E-state index in [2.05, 4.69) is 41.9 Å². The molecule has 0 bridgehead atoms. The van der Waals surface area contributed by atoms with Crippen molar-refractivity contribution in [2.45, 2.75) is 13.1 Å². The summed E-state index contributed by atoms with van der Waals surface area (Å²) in [5.74, 6) is -0.265. The molecule has 1 amide bonds. The van der Waals surface area contributed by atoms with Gasteiger partial charge >= 0.3 is 0 Å². The summed E-state index contributed by atoms with van der Waals surface area (Å²) in [6.45, 7) is 1.46. The van der Waals surface area contributed by atoms with Crippen molar-refractivity contribution in [2.24, 2.45) is 4.99 Å². The molecule has 0 atom stereocenters. The van der Waals surface area contributed by atoms with Gasteiger partial charge in [0, 0.05) is 35.4 Å².